The van der Waals surface area contributed by atoms with Crippen LogP contribution in [0.5, 0.6) is 11.5 Å². The first kappa shape index (κ1) is 58.0. The van der Waals surface area contributed by atoms with E-state index in [1.54, 1.807) is 99.3 Å². The standard InChI is InChI=1S/C33H34BrNO9.C26H31NO8/c1-6-32(4,43-19(3)37)22-14-24-29(42-30(38)20-9-11-23(34)12-10-20)28-26(44-33(24,5)27(15-22)40-18(2)36)16-25(41-31(28)39)21-8-7-13-35-17-21;1-6-25(4,34-15(3)29)17-10-18-23(30)22-20(35-26(18,5)21(11-17)32-14(2)28)12-19(33-24(22)31)16-8-7-9-27-13-16/h7-13,16-17,22,24,27,29H,6,14-15H2,1-5H3;7-9,12-13,17-18,21,23,30H,6,10-11H2,1-5H3/t22-,24-,27-,29-,32+,33-;17-,18-,21-,23-,25+,26-/m11/s1. The van der Waals surface area contributed by atoms with E-state index >= 15 is 0 Å². The largest absolute Gasteiger partial charge is 0.482 e. The highest BCUT2D eigenvalue weighted by Crippen LogP contribution is 2.57. The molecular weight excluding hydrogens is 1090 g/mol. The lowest BCUT2D eigenvalue weighted by atomic mass is 9.61. The molecule has 5 aromatic rings. The number of hydrogen-bond donors (Lipinski definition) is 1. The number of benzene rings is 1. The van der Waals surface area contributed by atoms with Crippen LogP contribution >= 0.6 is 15.9 Å². The molecule has 6 heterocycles. The fourth-order valence-corrected chi connectivity index (χ4v) is 12.2. The minimum absolute atomic E-state index is 0.0213. The minimum Gasteiger partial charge on any atom is -0.482 e. The second kappa shape index (κ2) is 22.9. The molecule has 2 aliphatic carbocycles. The van der Waals surface area contributed by atoms with Gasteiger partial charge < -0.3 is 47.1 Å². The van der Waals surface area contributed by atoms with Crippen LogP contribution in [0.4, 0.5) is 0 Å². The smallest absolute Gasteiger partial charge is 0.347 e. The Morgan fingerprint density at radius 1 is 0.646 bits per heavy atom. The third-order valence-electron chi connectivity index (χ3n) is 16.4. The molecule has 9 rings (SSSR count). The SMILES string of the molecule is CC[C@](C)(OC(C)=O)[C@@H]1C[C@@H]2[C@@H](O)c3c(cc(-c4cccnc4)oc3=O)O[C@@]2(C)[C@H](OC(C)=O)C1.CC[C@](C)(OC(C)=O)[C@@H]1C[C@@H]2[C@@H](OC(=O)c3ccc(Br)cc3)c3c(cc(-c4cccnc4)oc3=O)O[C@@]2(C)[C@H](OC(C)=O)C1. The van der Waals surface area contributed by atoms with Crippen LogP contribution in [0.15, 0.2) is 108 Å². The monoisotopic (exact) mass is 1150 g/mol. The lowest BCUT2D eigenvalue weighted by molar-refractivity contribution is -0.210. The van der Waals surface area contributed by atoms with Gasteiger partial charge >= 0.3 is 41.1 Å². The summed E-state index contributed by atoms with van der Waals surface area (Å²) >= 11 is 3.37. The van der Waals surface area contributed by atoms with E-state index in [4.69, 9.17) is 42.0 Å². The second-order valence-corrected chi connectivity index (χ2v) is 22.4. The zero-order valence-electron chi connectivity index (χ0n) is 45.7. The van der Waals surface area contributed by atoms with Gasteiger partial charge in [0.25, 0.3) is 0 Å². The van der Waals surface area contributed by atoms with Gasteiger partial charge in [0.15, 0.2) is 0 Å². The molecule has 19 nitrogen and oxygen atoms in total. The number of fused-ring (bicyclic) bond motifs is 4. The summed E-state index contributed by atoms with van der Waals surface area (Å²) < 4.78 is 54.4. The number of hydrogen-bond acceptors (Lipinski definition) is 19. The Morgan fingerprint density at radius 2 is 1.09 bits per heavy atom. The first-order chi connectivity index (χ1) is 37.3. The van der Waals surface area contributed by atoms with E-state index in [0.29, 0.717) is 49.7 Å². The topological polar surface area (TPSA) is 256 Å². The van der Waals surface area contributed by atoms with Gasteiger partial charge in [-0.3, -0.25) is 29.1 Å². The summed E-state index contributed by atoms with van der Waals surface area (Å²) in [4.78, 5) is 97.0. The fourth-order valence-electron chi connectivity index (χ4n) is 11.9. The number of aliphatic hydroxyl groups excluding tert-OH is 1. The van der Waals surface area contributed by atoms with Gasteiger partial charge in [0, 0.05) is 104 Å². The first-order valence-electron chi connectivity index (χ1n) is 26.3. The van der Waals surface area contributed by atoms with Crippen LogP contribution in [0.25, 0.3) is 22.6 Å². The highest BCUT2D eigenvalue weighted by molar-refractivity contribution is 9.10. The summed E-state index contributed by atoms with van der Waals surface area (Å²) in [5, 5.41) is 11.5. The lowest BCUT2D eigenvalue weighted by Crippen LogP contribution is -2.63. The van der Waals surface area contributed by atoms with Crippen molar-refractivity contribution in [1.82, 2.24) is 9.97 Å². The fraction of sp³-hybridized carbons (Fsp3) is 0.475. The number of ether oxygens (including phenoxy) is 7. The number of aliphatic hydroxyl groups is 1. The van der Waals surface area contributed by atoms with Crippen molar-refractivity contribution in [3.63, 3.8) is 0 Å². The van der Waals surface area contributed by atoms with Crippen molar-refractivity contribution in [2.75, 3.05) is 0 Å². The molecular formula is C59H65BrN2O17. The number of aromatic nitrogens is 2. The number of pyridine rings is 2. The van der Waals surface area contributed by atoms with Gasteiger partial charge in [-0.15, -0.1) is 0 Å². The predicted molar refractivity (Wildman–Crippen MR) is 286 cm³/mol. The zero-order valence-corrected chi connectivity index (χ0v) is 47.3. The molecule has 1 N–H and O–H groups in total. The first-order valence-corrected chi connectivity index (χ1v) is 27.0. The summed E-state index contributed by atoms with van der Waals surface area (Å²) in [7, 11) is 0. The molecule has 79 heavy (non-hydrogen) atoms. The molecule has 2 aliphatic heterocycles. The van der Waals surface area contributed by atoms with Gasteiger partial charge in [0.05, 0.1) is 11.7 Å². The van der Waals surface area contributed by atoms with Crippen molar-refractivity contribution in [2.45, 2.75) is 155 Å². The molecule has 4 aromatic heterocycles. The van der Waals surface area contributed by atoms with Crippen molar-refractivity contribution >= 4 is 45.8 Å². The number of carbonyl (C=O) groups is 5. The predicted octanol–water partition coefficient (Wildman–Crippen LogP) is 9.78. The van der Waals surface area contributed by atoms with E-state index in [1.165, 1.54) is 27.7 Å². The van der Waals surface area contributed by atoms with Crippen molar-refractivity contribution in [3.05, 3.63) is 127 Å². The molecule has 0 saturated heterocycles. The van der Waals surface area contributed by atoms with Crippen LogP contribution in [0.3, 0.4) is 0 Å². The Balaban J connectivity index is 0.000000214. The molecule has 2 fully saturated rings. The van der Waals surface area contributed by atoms with E-state index < -0.39 is 99.8 Å². The lowest BCUT2D eigenvalue weighted by Gasteiger charge is -2.55. The van der Waals surface area contributed by atoms with E-state index in [1.807, 2.05) is 27.7 Å². The maximum atomic E-state index is 13.7. The average Bonchev–Trinajstić information content (AvgIpc) is 3.42. The average molecular weight is 1150 g/mol. The number of rotatable bonds is 12. The Hall–Kier alpha value is -7.19. The van der Waals surface area contributed by atoms with Gasteiger partial charge in [-0.25, -0.2) is 14.4 Å². The highest BCUT2D eigenvalue weighted by atomic mass is 79.9. The summed E-state index contributed by atoms with van der Waals surface area (Å²) in [5.74, 6) is -3.62. The zero-order chi connectivity index (χ0) is 57.4. The quantitative estimate of drug-likeness (QED) is 0.0900. The molecule has 0 spiro atoms. The van der Waals surface area contributed by atoms with Crippen LogP contribution < -0.4 is 20.7 Å². The van der Waals surface area contributed by atoms with Crippen LogP contribution in [0, 0.1) is 23.7 Å². The van der Waals surface area contributed by atoms with E-state index in [0.717, 1.165) is 4.47 Å². The number of halogens is 1. The summed E-state index contributed by atoms with van der Waals surface area (Å²) in [5.41, 5.74) is -4.11. The maximum absolute atomic E-state index is 13.7. The van der Waals surface area contributed by atoms with Crippen molar-refractivity contribution in [2.24, 2.45) is 23.7 Å². The molecule has 420 valence electrons. The Morgan fingerprint density at radius 3 is 1.52 bits per heavy atom. The van der Waals surface area contributed by atoms with Crippen LogP contribution in [-0.4, -0.2) is 79.5 Å². The second-order valence-electron chi connectivity index (χ2n) is 21.5. The van der Waals surface area contributed by atoms with E-state index in [9.17, 15) is 38.7 Å². The van der Waals surface area contributed by atoms with Crippen LogP contribution in [0.2, 0.25) is 0 Å². The minimum atomic E-state index is -1.23. The summed E-state index contributed by atoms with van der Waals surface area (Å²) in [6, 6.07) is 16.7. The van der Waals surface area contributed by atoms with Gasteiger partial charge in [0.2, 0.25) is 0 Å². The number of esters is 5. The molecule has 12 atom stereocenters. The summed E-state index contributed by atoms with van der Waals surface area (Å²) in [6.45, 7) is 16.4. The molecule has 4 aliphatic rings. The molecule has 2 saturated carbocycles. The third kappa shape index (κ3) is 11.8. The summed E-state index contributed by atoms with van der Waals surface area (Å²) in [6.07, 6.45) is 4.75. The maximum Gasteiger partial charge on any atom is 0.347 e. The third-order valence-corrected chi connectivity index (χ3v) is 16.9. The number of nitrogens with zero attached hydrogens (tertiary/aromatic N) is 2. The van der Waals surface area contributed by atoms with Crippen molar-refractivity contribution < 1.29 is 71.1 Å². The molecule has 1 aromatic carbocycles. The van der Waals surface area contributed by atoms with E-state index in [-0.39, 0.29) is 51.5 Å². The Bertz CT molecular complexity index is 3220. The van der Waals surface area contributed by atoms with Gasteiger partial charge in [-0.2, -0.15) is 0 Å². The van der Waals surface area contributed by atoms with Gasteiger partial charge in [-0.1, -0.05) is 29.8 Å². The molecule has 0 bridgehead atoms. The Labute approximate surface area is 464 Å². The molecule has 0 amide bonds. The van der Waals surface area contributed by atoms with Crippen LogP contribution in [0.1, 0.15) is 141 Å². The molecule has 0 unspecified atom stereocenters. The van der Waals surface area contributed by atoms with Crippen molar-refractivity contribution in [1.29, 1.82) is 0 Å². The Kier molecular flexibility index (Phi) is 16.8. The number of carbonyl (C=O) groups excluding carboxylic acids is 5. The van der Waals surface area contributed by atoms with Gasteiger partial charge in [0.1, 0.15) is 74.9 Å². The highest BCUT2D eigenvalue weighted by Gasteiger charge is 2.62. The van der Waals surface area contributed by atoms with Gasteiger partial charge in [-0.05, 0) is 115 Å². The normalized spacial score (nSPS) is 27.0. The van der Waals surface area contributed by atoms with Crippen molar-refractivity contribution in [3.8, 4) is 34.1 Å². The van der Waals surface area contributed by atoms with Crippen LogP contribution in [-0.2, 0) is 42.9 Å². The van der Waals surface area contributed by atoms with E-state index in [2.05, 4.69) is 25.9 Å². The molecule has 0 radical (unpaired) electrons. The molecule has 20 heteroatoms.